The molecule has 0 aliphatic carbocycles. The maximum absolute atomic E-state index is 12.8. The van der Waals surface area contributed by atoms with Gasteiger partial charge in [0.15, 0.2) is 5.16 Å². The van der Waals surface area contributed by atoms with Gasteiger partial charge in [-0.25, -0.2) is 0 Å². The molecule has 0 fully saturated rings. The van der Waals surface area contributed by atoms with Gasteiger partial charge in [-0.1, -0.05) is 36.0 Å². The van der Waals surface area contributed by atoms with E-state index in [0.29, 0.717) is 11.0 Å². The average molecular weight is 406 g/mol. The molecule has 0 radical (unpaired) electrons. The first-order chi connectivity index (χ1) is 13.3. The highest BCUT2D eigenvalue weighted by Gasteiger charge is 2.30. The highest BCUT2D eigenvalue weighted by atomic mass is 32.2. The van der Waals surface area contributed by atoms with E-state index >= 15 is 0 Å². The number of nitrogens with zero attached hydrogens (tertiary/aromatic N) is 3. The van der Waals surface area contributed by atoms with Crippen molar-refractivity contribution in [2.75, 3.05) is 5.32 Å². The van der Waals surface area contributed by atoms with Crippen molar-refractivity contribution in [3.63, 3.8) is 0 Å². The molecule has 0 saturated carbocycles. The first kappa shape index (κ1) is 19.9. The van der Waals surface area contributed by atoms with Crippen LogP contribution in [0.2, 0.25) is 0 Å². The van der Waals surface area contributed by atoms with Crippen LogP contribution in [0.4, 0.5) is 18.9 Å². The number of para-hydroxylation sites is 1. The van der Waals surface area contributed by atoms with Gasteiger partial charge in [0.05, 0.1) is 10.8 Å². The van der Waals surface area contributed by atoms with Gasteiger partial charge < -0.3 is 5.32 Å². The van der Waals surface area contributed by atoms with Crippen LogP contribution >= 0.6 is 11.8 Å². The minimum Gasteiger partial charge on any atom is -0.325 e. The van der Waals surface area contributed by atoms with Crippen molar-refractivity contribution in [1.29, 1.82) is 0 Å². The Bertz CT molecular complexity index is 973. The molecule has 5 nitrogen and oxygen atoms in total. The molecule has 1 aromatic heterocycles. The number of alkyl halides is 3. The average Bonchev–Trinajstić information content (AvgIpc) is 3.02. The second kappa shape index (κ2) is 8.05. The second-order valence-corrected chi connectivity index (χ2v) is 7.34. The number of amides is 1. The minimum absolute atomic E-state index is 0.0907. The minimum atomic E-state index is -4.47. The van der Waals surface area contributed by atoms with Gasteiger partial charge >= 0.3 is 6.18 Å². The molecule has 0 saturated heterocycles. The smallest absolute Gasteiger partial charge is 0.325 e. The molecular formula is C19H17F3N4OS. The molecule has 0 unspecified atom stereocenters. The lowest BCUT2D eigenvalue weighted by molar-refractivity contribution is -0.137. The number of benzene rings is 2. The molecule has 1 N–H and O–H groups in total. The van der Waals surface area contributed by atoms with Crippen LogP contribution in [0.3, 0.4) is 0 Å². The maximum Gasteiger partial charge on any atom is 0.416 e. The number of nitrogens with one attached hydrogen (secondary N) is 1. The lowest BCUT2D eigenvalue weighted by atomic mass is 10.2. The summed E-state index contributed by atoms with van der Waals surface area (Å²) in [5.74, 6) is 0.240. The third kappa shape index (κ3) is 4.53. The number of carbonyl (C=O) groups excluding carboxylic acids is 1. The molecule has 146 valence electrons. The SMILES string of the molecule is Cc1nnc(S[C@@H](C)C(=O)Nc2cccc(C(F)(F)F)c2)n1-c1ccccc1. The second-order valence-electron chi connectivity index (χ2n) is 6.03. The summed E-state index contributed by atoms with van der Waals surface area (Å²) in [5, 5.41) is 10.6. The van der Waals surface area contributed by atoms with Crippen LogP contribution in [0, 0.1) is 6.92 Å². The summed E-state index contributed by atoms with van der Waals surface area (Å²) in [5.41, 5.74) is 0.135. The third-order valence-corrected chi connectivity index (χ3v) is 4.96. The summed E-state index contributed by atoms with van der Waals surface area (Å²) in [7, 11) is 0. The molecule has 3 rings (SSSR count). The summed E-state index contributed by atoms with van der Waals surface area (Å²) in [6.07, 6.45) is -4.47. The maximum atomic E-state index is 12.8. The van der Waals surface area contributed by atoms with Gasteiger partial charge in [-0.3, -0.25) is 9.36 Å². The summed E-state index contributed by atoms with van der Waals surface area (Å²) >= 11 is 1.18. The van der Waals surface area contributed by atoms with E-state index in [0.717, 1.165) is 17.8 Å². The number of anilines is 1. The van der Waals surface area contributed by atoms with Crippen LogP contribution in [-0.4, -0.2) is 25.9 Å². The standard InChI is InChI=1S/C19H17F3N4OS/c1-12(17(27)23-15-8-6-7-14(11-15)19(20,21)22)28-18-25-24-13(2)26(18)16-9-4-3-5-10-16/h3-12H,1-2H3,(H,23,27)/t12-/m0/s1. The highest BCUT2D eigenvalue weighted by Crippen LogP contribution is 2.31. The van der Waals surface area contributed by atoms with Crippen molar-refractivity contribution in [2.45, 2.75) is 30.4 Å². The lowest BCUT2D eigenvalue weighted by Gasteiger charge is -2.14. The largest absolute Gasteiger partial charge is 0.416 e. The van der Waals surface area contributed by atoms with E-state index in [2.05, 4.69) is 15.5 Å². The first-order valence-corrected chi connectivity index (χ1v) is 9.26. The van der Waals surface area contributed by atoms with Crippen LogP contribution in [0.15, 0.2) is 59.8 Å². The molecular weight excluding hydrogens is 389 g/mol. The molecule has 0 aliphatic heterocycles. The predicted octanol–water partition coefficient (Wildman–Crippen LogP) is 4.71. The van der Waals surface area contributed by atoms with E-state index in [1.165, 1.54) is 23.9 Å². The fraction of sp³-hybridized carbons (Fsp3) is 0.211. The molecule has 1 amide bonds. The number of hydrogen-bond donors (Lipinski definition) is 1. The van der Waals surface area contributed by atoms with E-state index in [4.69, 9.17) is 0 Å². The number of halogens is 3. The topological polar surface area (TPSA) is 59.8 Å². The fourth-order valence-corrected chi connectivity index (χ4v) is 3.44. The summed E-state index contributed by atoms with van der Waals surface area (Å²) in [6, 6.07) is 14.0. The van der Waals surface area contributed by atoms with Crippen molar-refractivity contribution in [3.05, 3.63) is 66.0 Å². The van der Waals surface area contributed by atoms with E-state index in [-0.39, 0.29) is 5.69 Å². The first-order valence-electron chi connectivity index (χ1n) is 8.38. The Morgan fingerprint density at radius 3 is 2.50 bits per heavy atom. The van der Waals surface area contributed by atoms with Crippen LogP contribution in [-0.2, 0) is 11.0 Å². The van der Waals surface area contributed by atoms with Crippen molar-refractivity contribution in [3.8, 4) is 5.69 Å². The quantitative estimate of drug-likeness (QED) is 0.623. The zero-order chi connectivity index (χ0) is 20.3. The Labute approximate surface area is 164 Å². The summed E-state index contributed by atoms with van der Waals surface area (Å²) < 4.78 is 40.3. The Balaban J connectivity index is 1.74. The zero-order valence-corrected chi connectivity index (χ0v) is 15.9. The number of rotatable bonds is 5. The van der Waals surface area contributed by atoms with Gasteiger partial charge in [0.1, 0.15) is 5.82 Å². The Morgan fingerprint density at radius 1 is 1.11 bits per heavy atom. The molecule has 0 aliphatic rings. The predicted molar refractivity (Wildman–Crippen MR) is 101 cm³/mol. The van der Waals surface area contributed by atoms with E-state index in [1.807, 2.05) is 34.9 Å². The monoisotopic (exact) mass is 406 g/mol. The molecule has 1 heterocycles. The van der Waals surface area contributed by atoms with Crippen molar-refractivity contribution in [1.82, 2.24) is 14.8 Å². The van der Waals surface area contributed by atoms with Crippen molar-refractivity contribution >= 4 is 23.4 Å². The number of hydrogen-bond acceptors (Lipinski definition) is 4. The van der Waals surface area contributed by atoms with Crippen molar-refractivity contribution in [2.24, 2.45) is 0 Å². The molecule has 2 aromatic carbocycles. The molecule has 9 heteroatoms. The van der Waals surface area contributed by atoms with Crippen LogP contribution < -0.4 is 5.32 Å². The zero-order valence-electron chi connectivity index (χ0n) is 15.1. The van der Waals surface area contributed by atoms with Crippen LogP contribution in [0.1, 0.15) is 18.3 Å². The van der Waals surface area contributed by atoms with Gasteiger partial charge in [0.2, 0.25) is 5.91 Å². The normalized spacial score (nSPS) is 12.6. The Morgan fingerprint density at radius 2 is 1.82 bits per heavy atom. The number of aryl methyl sites for hydroxylation is 1. The molecule has 28 heavy (non-hydrogen) atoms. The summed E-state index contributed by atoms with van der Waals surface area (Å²) in [4.78, 5) is 12.5. The summed E-state index contributed by atoms with van der Waals surface area (Å²) in [6.45, 7) is 3.46. The van der Waals surface area contributed by atoms with E-state index in [9.17, 15) is 18.0 Å². The van der Waals surface area contributed by atoms with Gasteiger partial charge in [0, 0.05) is 11.4 Å². The highest BCUT2D eigenvalue weighted by molar-refractivity contribution is 8.00. The molecule has 0 bridgehead atoms. The molecule has 1 atom stereocenters. The Hall–Kier alpha value is -2.81. The number of carbonyl (C=O) groups is 1. The lowest BCUT2D eigenvalue weighted by Crippen LogP contribution is -2.23. The van der Waals surface area contributed by atoms with Gasteiger partial charge in [-0.2, -0.15) is 13.2 Å². The van der Waals surface area contributed by atoms with Gasteiger partial charge in [-0.15, -0.1) is 10.2 Å². The van der Waals surface area contributed by atoms with E-state index in [1.54, 1.807) is 13.8 Å². The fourth-order valence-electron chi connectivity index (χ4n) is 2.52. The van der Waals surface area contributed by atoms with Gasteiger partial charge in [-0.05, 0) is 44.2 Å². The molecule has 3 aromatic rings. The molecule has 0 spiro atoms. The third-order valence-electron chi connectivity index (χ3n) is 3.92. The van der Waals surface area contributed by atoms with Gasteiger partial charge in [0.25, 0.3) is 0 Å². The number of aromatic nitrogens is 3. The van der Waals surface area contributed by atoms with Crippen LogP contribution in [0.25, 0.3) is 5.69 Å². The van der Waals surface area contributed by atoms with Crippen LogP contribution in [0.5, 0.6) is 0 Å². The number of thioether (sulfide) groups is 1. The Kier molecular flexibility index (Phi) is 5.73. The van der Waals surface area contributed by atoms with E-state index < -0.39 is 22.9 Å². The van der Waals surface area contributed by atoms with Crippen molar-refractivity contribution < 1.29 is 18.0 Å².